The molecule has 3 nitrogen and oxygen atoms in total. The van der Waals surface area contributed by atoms with Gasteiger partial charge in [-0.3, -0.25) is 4.79 Å². The summed E-state index contributed by atoms with van der Waals surface area (Å²) in [5.74, 6) is 1.51. The maximum Gasteiger partial charge on any atom is 0.167 e. The zero-order chi connectivity index (χ0) is 15.4. The number of carbonyl (C=O) groups is 1. The fourth-order valence-electron chi connectivity index (χ4n) is 1.95. The van der Waals surface area contributed by atoms with E-state index in [0.29, 0.717) is 17.7 Å². The molecule has 0 fully saturated rings. The molecule has 0 atom stereocenters. The summed E-state index contributed by atoms with van der Waals surface area (Å²) in [6.45, 7) is 0. The molecule has 0 aliphatic heterocycles. The van der Waals surface area contributed by atoms with E-state index in [-0.39, 0.29) is 5.78 Å². The van der Waals surface area contributed by atoms with Gasteiger partial charge in [-0.05, 0) is 67.8 Å². The normalized spacial score (nSPS) is 10.3. The molecular formula is C16H14Br2O3. The highest BCUT2D eigenvalue weighted by atomic mass is 79.9. The molecule has 0 amide bonds. The first-order valence-electron chi connectivity index (χ1n) is 6.24. The lowest BCUT2D eigenvalue weighted by atomic mass is 10.0. The van der Waals surface area contributed by atoms with Crippen LogP contribution in [0.2, 0.25) is 0 Å². The Morgan fingerprint density at radius 1 is 0.952 bits per heavy atom. The number of ether oxygens (including phenoxy) is 2. The monoisotopic (exact) mass is 412 g/mol. The molecule has 0 unspecified atom stereocenters. The van der Waals surface area contributed by atoms with Crippen molar-refractivity contribution in [3.8, 4) is 11.5 Å². The molecule has 2 aromatic carbocycles. The molecule has 5 heteroatoms. The van der Waals surface area contributed by atoms with Crippen molar-refractivity contribution in [2.45, 2.75) is 6.42 Å². The lowest BCUT2D eigenvalue weighted by Gasteiger charge is -2.08. The maximum atomic E-state index is 12.3. The molecule has 21 heavy (non-hydrogen) atoms. The van der Waals surface area contributed by atoms with Crippen LogP contribution in [0.5, 0.6) is 11.5 Å². The molecule has 2 rings (SSSR count). The molecule has 110 valence electrons. The molecular weight excluding hydrogens is 400 g/mol. The van der Waals surface area contributed by atoms with Gasteiger partial charge in [0.1, 0.15) is 11.5 Å². The van der Waals surface area contributed by atoms with Crippen LogP contribution in [0.15, 0.2) is 45.3 Å². The highest BCUT2D eigenvalue weighted by Crippen LogP contribution is 2.28. The third kappa shape index (κ3) is 3.86. The Morgan fingerprint density at radius 3 is 2.05 bits per heavy atom. The van der Waals surface area contributed by atoms with Gasteiger partial charge in [0.2, 0.25) is 0 Å². The molecule has 0 aromatic heterocycles. The summed E-state index contributed by atoms with van der Waals surface area (Å²) in [5.41, 5.74) is 1.58. The fraction of sp³-hybridized carbons (Fsp3) is 0.188. The maximum absolute atomic E-state index is 12.3. The van der Waals surface area contributed by atoms with Crippen LogP contribution in [0.3, 0.4) is 0 Å². The summed E-state index contributed by atoms with van der Waals surface area (Å²) in [7, 11) is 3.20. The SMILES string of the molecule is COc1ccc(CC(=O)c2ccc(OC)c(Br)c2)cc1Br. The number of methoxy groups -OCH3 is 2. The van der Waals surface area contributed by atoms with Crippen LogP contribution in [0.4, 0.5) is 0 Å². The minimum atomic E-state index is 0.0513. The van der Waals surface area contributed by atoms with E-state index in [2.05, 4.69) is 31.9 Å². The highest BCUT2D eigenvalue weighted by Gasteiger charge is 2.11. The molecule has 0 spiro atoms. The number of ketones is 1. The van der Waals surface area contributed by atoms with Crippen molar-refractivity contribution in [2.24, 2.45) is 0 Å². The van der Waals surface area contributed by atoms with Gasteiger partial charge in [0.25, 0.3) is 0 Å². The number of carbonyl (C=O) groups excluding carboxylic acids is 1. The second-order valence-electron chi connectivity index (χ2n) is 4.42. The minimum absolute atomic E-state index is 0.0513. The Balaban J connectivity index is 2.18. The summed E-state index contributed by atoms with van der Waals surface area (Å²) in [5, 5.41) is 0. The van der Waals surface area contributed by atoms with E-state index in [0.717, 1.165) is 20.3 Å². The van der Waals surface area contributed by atoms with E-state index in [9.17, 15) is 4.79 Å². The molecule has 0 heterocycles. The summed E-state index contributed by atoms with van der Waals surface area (Å²) < 4.78 is 11.9. The number of benzene rings is 2. The topological polar surface area (TPSA) is 35.5 Å². The van der Waals surface area contributed by atoms with Crippen LogP contribution >= 0.6 is 31.9 Å². The van der Waals surface area contributed by atoms with Gasteiger partial charge in [-0.15, -0.1) is 0 Å². The third-order valence-electron chi connectivity index (χ3n) is 3.05. The number of Topliss-reactive ketones (excluding diaryl/α,β-unsaturated/α-hetero) is 1. The smallest absolute Gasteiger partial charge is 0.167 e. The van der Waals surface area contributed by atoms with Crippen LogP contribution < -0.4 is 9.47 Å². The first-order valence-corrected chi connectivity index (χ1v) is 7.83. The lowest BCUT2D eigenvalue weighted by Crippen LogP contribution is -2.04. The van der Waals surface area contributed by atoms with Crippen molar-refractivity contribution in [1.82, 2.24) is 0 Å². The first-order chi connectivity index (χ1) is 10.0. The van der Waals surface area contributed by atoms with Crippen molar-refractivity contribution in [1.29, 1.82) is 0 Å². The van der Waals surface area contributed by atoms with Crippen LogP contribution in [0, 0.1) is 0 Å². The zero-order valence-corrected chi connectivity index (χ0v) is 14.8. The quantitative estimate of drug-likeness (QED) is 0.669. The summed E-state index contributed by atoms with van der Waals surface area (Å²) >= 11 is 6.81. The number of hydrogen-bond donors (Lipinski definition) is 0. The van der Waals surface area contributed by atoms with E-state index in [1.165, 1.54) is 0 Å². The van der Waals surface area contributed by atoms with E-state index in [1.807, 2.05) is 18.2 Å². The van der Waals surface area contributed by atoms with Crippen molar-refractivity contribution in [3.05, 3.63) is 56.5 Å². The van der Waals surface area contributed by atoms with Gasteiger partial charge in [-0.2, -0.15) is 0 Å². The highest BCUT2D eigenvalue weighted by molar-refractivity contribution is 9.10. The summed E-state index contributed by atoms with van der Waals surface area (Å²) in [6.07, 6.45) is 0.335. The van der Waals surface area contributed by atoms with E-state index >= 15 is 0 Å². The zero-order valence-electron chi connectivity index (χ0n) is 11.7. The van der Waals surface area contributed by atoms with Crippen LogP contribution in [0.25, 0.3) is 0 Å². The number of hydrogen-bond acceptors (Lipinski definition) is 3. The molecule has 0 bridgehead atoms. The molecule has 0 N–H and O–H groups in total. The molecule has 2 aromatic rings. The van der Waals surface area contributed by atoms with Gasteiger partial charge in [0.05, 0.1) is 23.2 Å². The number of rotatable bonds is 5. The fourth-order valence-corrected chi connectivity index (χ4v) is 3.08. The van der Waals surface area contributed by atoms with Gasteiger partial charge in [0.15, 0.2) is 5.78 Å². The molecule has 0 aliphatic carbocycles. The second-order valence-corrected chi connectivity index (χ2v) is 6.13. The average Bonchev–Trinajstić information content (AvgIpc) is 2.47. The predicted octanol–water partition coefficient (Wildman–Crippen LogP) is 4.65. The summed E-state index contributed by atoms with van der Waals surface area (Å²) in [6, 6.07) is 11.0. The standard InChI is InChI=1S/C16H14Br2O3/c1-20-15-5-3-10(7-12(15)17)8-14(19)11-4-6-16(21-2)13(18)9-11/h3-7,9H,8H2,1-2H3. The van der Waals surface area contributed by atoms with Crippen LogP contribution in [-0.2, 0) is 6.42 Å². The van der Waals surface area contributed by atoms with Gasteiger partial charge in [-0.1, -0.05) is 6.07 Å². The molecule has 0 radical (unpaired) electrons. The van der Waals surface area contributed by atoms with Crippen molar-refractivity contribution >= 4 is 37.6 Å². The minimum Gasteiger partial charge on any atom is -0.496 e. The van der Waals surface area contributed by atoms with Gasteiger partial charge < -0.3 is 9.47 Å². The lowest BCUT2D eigenvalue weighted by molar-refractivity contribution is 0.0993. The predicted molar refractivity (Wildman–Crippen MR) is 89.4 cm³/mol. The third-order valence-corrected chi connectivity index (χ3v) is 4.29. The van der Waals surface area contributed by atoms with Gasteiger partial charge in [-0.25, -0.2) is 0 Å². The Kier molecular flexibility index (Phi) is 5.42. The Morgan fingerprint density at radius 2 is 1.52 bits per heavy atom. The average molecular weight is 414 g/mol. The van der Waals surface area contributed by atoms with E-state index < -0.39 is 0 Å². The van der Waals surface area contributed by atoms with E-state index in [4.69, 9.17) is 9.47 Å². The molecule has 0 saturated carbocycles. The Bertz CT molecular complexity index is 669. The van der Waals surface area contributed by atoms with Crippen LogP contribution in [-0.4, -0.2) is 20.0 Å². The van der Waals surface area contributed by atoms with Crippen molar-refractivity contribution in [3.63, 3.8) is 0 Å². The van der Waals surface area contributed by atoms with Crippen molar-refractivity contribution in [2.75, 3.05) is 14.2 Å². The van der Waals surface area contributed by atoms with Gasteiger partial charge in [0, 0.05) is 12.0 Å². The first kappa shape index (κ1) is 16.0. The largest absolute Gasteiger partial charge is 0.496 e. The van der Waals surface area contributed by atoms with Gasteiger partial charge >= 0.3 is 0 Å². The Hall–Kier alpha value is -1.33. The summed E-state index contributed by atoms with van der Waals surface area (Å²) in [4.78, 5) is 12.3. The Labute approximate surface area is 140 Å². The number of halogens is 2. The molecule has 0 aliphatic rings. The van der Waals surface area contributed by atoms with Crippen molar-refractivity contribution < 1.29 is 14.3 Å². The second kappa shape index (κ2) is 7.09. The molecule has 0 saturated heterocycles. The van der Waals surface area contributed by atoms with E-state index in [1.54, 1.807) is 32.4 Å². The van der Waals surface area contributed by atoms with Crippen LogP contribution in [0.1, 0.15) is 15.9 Å².